The van der Waals surface area contributed by atoms with Crippen LogP contribution in [0.5, 0.6) is 0 Å². The van der Waals surface area contributed by atoms with Gasteiger partial charge in [0.25, 0.3) is 0 Å². The molecule has 0 amide bonds. The Kier molecular flexibility index (Phi) is 1.91. The fourth-order valence-electron chi connectivity index (χ4n) is 1.78. The van der Waals surface area contributed by atoms with Crippen molar-refractivity contribution in [1.29, 1.82) is 0 Å². The lowest BCUT2D eigenvalue weighted by atomic mass is 9.96. The van der Waals surface area contributed by atoms with Crippen LogP contribution >= 0.6 is 0 Å². The predicted octanol–water partition coefficient (Wildman–Crippen LogP) is 1.89. The van der Waals surface area contributed by atoms with Crippen LogP contribution in [0.25, 0.3) is 0 Å². The Bertz CT molecular complexity index is 266. The van der Waals surface area contributed by atoms with E-state index >= 15 is 0 Å². The van der Waals surface area contributed by atoms with Crippen molar-refractivity contribution in [1.82, 2.24) is 0 Å². The molecule has 0 aromatic heterocycles. The molecule has 0 radical (unpaired) electrons. The number of ether oxygens (including phenoxy) is 1. The quantitative estimate of drug-likeness (QED) is 0.578. The van der Waals surface area contributed by atoms with Crippen molar-refractivity contribution in [3.05, 3.63) is 12.2 Å². The van der Waals surface area contributed by atoms with Crippen molar-refractivity contribution in [2.24, 2.45) is 5.16 Å². The molecular weight excluding hydrogens is 166 g/mol. The molecule has 0 N–H and O–H groups in total. The lowest BCUT2D eigenvalue weighted by Crippen LogP contribution is -2.35. The fraction of sp³-hybridized carbons (Fsp3) is 0.700. The highest BCUT2D eigenvalue weighted by atomic mass is 16.6. The molecule has 1 atom stereocenters. The highest BCUT2D eigenvalue weighted by Crippen LogP contribution is 2.47. The van der Waals surface area contributed by atoms with Gasteiger partial charge in [-0.3, -0.25) is 0 Å². The maximum absolute atomic E-state index is 5.84. The summed E-state index contributed by atoms with van der Waals surface area (Å²) in [5.74, 6) is 0. The summed E-state index contributed by atoms with van der Waals surface area (Å²) in [6.45, 7) is 5.97. The van der Waals surface area contributed by atoms with Gasteiger partial charge >= 0.3 is 0 Å². The van der Waals surface area contributed by atoms with Gasteiger partial charge in [0.05, 0.1) is 17.4 Å². The van der Waals surface area contributed by atoms with E-state index in [2.05, 4.69) is 11.7 Å². The monoisotopic (exact) mass is 181 g/mol. The second-order valence-corrected chi connectivity index (χ2v) is 3.87. The smallest absolute Gasteiger partial charge is 0.106 e. The first kappa shape index (κ1) is 8.75. The van der Waals surface area contributed by atoms with Crippen LogP contribution in [0.1, 0.15) is 26.2 Å². The van der Waals surface area contributed by atoms with Crippen LogP contribution in [-0.4, -0.2) is 24.5 Å². The number of oxime groups is 1. The number of nitrogens with zero attached hydrogens (tertiary/aromatic N) is 1. The van der Waals surface area contributed by atoms with Crippen molar-refractivity contribution < 1.29 is 9.57 Å². The molecule has 0 aromatic carbocycles. The normalized spacial score (nSPS) is 33.8. The number of hydrogen-bond acceptors (Lipinski definition) is 3. The van der Waals surface area contributed by atoms with Gasteiger partial charge in [-0.05, 0) is 25.3 Å². The zero-order valence-corrected chi connectivity index (χ0v) is 8.17. The Labute approximate surface area is 78.4 Å². The van der Waals surface area contributed by atoms with Crippen LogP contribution < -0.4 is 0 Å². The molecule has 2 rings (SSSR count). The summed E-state index contributed by atoms with van der Waals surface area (Å²) in [6.07, 6.45) is 3.25. The third-order valence-corrected chi connectivity index (χ3v) is 2.79. The van der Waals surface area contributed by atoms with Gasteiger partial charge in [-0.25, -0.2) is 0 Å². The Morgan fingerprint density at radius 3 is 2.85 bits per heavy atom. The molecule has 1 heterocycles. The lowest BCUT2D eigenvalue weighted by Gasteiger charge is -2.30. The van der Waals surface area contributed by atoms with Crippen molar-refractivity contribution in [2.45, 2.75) is 37.9 Å². The van der Waals surface area contributed by atoms with Crippen LogP contribution in [-0.2, 0) is 9.57 Å². The Hall–Kier alpha value is -0.830. The summed E-state index contributed by atoms with van der Waals surface area (Å²) in [5, 5.41) is 3.99. The van der Waals surface area contributed by atoms with Crippen LogP contribution in [0.3, 0.4) is 0 Å². The zero-order valence-electron chi connectivity index (χ0n) is 8.17. The molecule has 1 saturated carbocycles. The average molecular weight is 181 g/mol. The SMILES string of the molecule is C=C1/C(=N/OC)CC2(CC2)O[C@H]1C. The maximum Gasteiger partial charge on any atom is 0.106 e. The van der Waals surface area contributed by atoms with Gasteiger partial charge in [-0.2, -0.15) is 0 Å². The van der Waals surface area contributed by atoms with Crippen molar-refractivity contribution >= 4 is 5.71 Å². The van der Waals surface area contributed by atoms with Crippen LogP contribution in [0.2, 0.25) is 0 Å². The van der Waals surface area contributed by atoms with Crippen LogP contribution in [0.4, 0.5) is 0 Å². The molecule has 2 aliphatic rings. The largest absolute Gasteiger partial charge is 0.399 e. The van der Waals surface area contributed by atoms with Crippen molar-refractivity contribution in [3.8, 4) is 0 Å². The summed E-state index contributed by atoms with van der Waals surface area (Å²) in [4.78, 5) is 4.79. The van der Waals surface area contributed by atoms with Crippen LogP contribution in [0, 0.1) is 0 Å². The van der Waals surface area contributed by atoms with E-state index in [1.54, 1.807) is 7.11 Å². The first-order chi connectivity index (χ1) is 6.17. The molecule has 2 fully saturated rings. The second kappa shape index (κ2) is 2.84. The van der Waals surface area contributed by atoms with Gasteiger partial charge < -0.3 is 9.57 Å². The van der Waals surface area contributed by atoms with Gasteiger partial charge in [0.1, 0.15) is 7.11 Å². The third-order valence-electron chi connectivity index (χ3n) is 2.79. The molecule has 3 nitrogen and oxygen atoms in total. The summed E-state index contributed by atoms with van der Waals surface area (Å²) < 4.78 is 5.84. The summed E-state index contributed by atoms with van der Waals surface area (Å²) in [6, 6.07) is 0. The minimum absolute atomic E-state index is 0.0813. The highest BCUT2D eigenvalue weighted by molar-refractivity contribution is 6.01. The molecule has 0 bridgehead atoms. The Balaban J connectivity index is 2.17. The molecule has 72 valence electrons. The maximum atomic E-state index is 5.84. The zero-order chi connectivity index (χ0) is 9.47. The van der Waals surface area contributed by atoms with E-state index in [-0.39, 0.29) is 11.7 Å². The number of rotatable bonds is 1. The van der Waals surface area contributed by atoms with Crippen molar-refractivity contribution in [2.75, 3.05) is 7.11 Å². The molecule has 0 unspecified atom stereocenters. The van der Waals surface area contributed by atoms with E-state index in [9.17, 15) is 0 Å². The van der Waals surface area contributed by atoms with E-state index in [0.717, 1.165) is 30.5 Å². The topological polar surface area (TPSA) is 30.8 Å². The van der Waals surface area contributed by atoms with Gasteiger partial charge in [-0.15, -0.1) is 0 Å². The van der Waals surface area contributed by atoms with Gasteiger partial charge in [0, 0.05) is 6.42 Å². The second-order valence-electron chi connectivity index (χ2n) is 3.87. The minimum atomic E-state index is 0.0813. The Morgan fingerprint density at radius 1 is 1.62 bits per heavy atom. The molecule has 1 aliphatic carbocycles. The molecule has 1 aliphatic heterocycles. The average Bonchev–Trinajstić information content (AvgIpc) is 2.81. The minimum Gasteiger partial charge on any atom is -0.399 e. The highest BCUT2D eigenvalue weighted by Gasteiger charge is 2.50. The third kappa shape index (κ3) is 1.48. The molecule has 1 spiro atoms. The number of hydrogen-bond donors (Lipinski definition) is 0. The summed E-state index contributed by atoms with van der Waals surface area (Å²) >= 11 is 0. The molecule has 13 heavy (non-hydrogen) atoms. The van der Waals surface area contributed by atoms with E-state index in [1.165, 1.54) is 0 Å². The standard InChI is InChI=1S/C10H15NO2/c1-7-8(2)13-10(4-5-10)6-9(7)11-12-3/h8H,1,4-6H2,2-3H3/b11-9+/t8-/m0/s1. The van der Waals surface area contributed by atoms with E-state index < -0.39 is 0 Å². The van der Waals surface area contributed by atoms with Crippen LogP contribution in [0.15, 0.2) is 17.3 Å². The summed E-state index contributed by atoms with van der Waals surface area (Å²) in [7, 11) is 1.57. The van der Waals surface area contributed by atoms with E-state index in [0.29, 0.717) is 0 Å². The lowest BCUT2D eigenvalue weighted by molar-refractivity contribution is -0.00540. The fourth-order valence-corrected chi connectivity index (χ4v) is 1.78. The molecule has 1 saturated heterocycles. The van der Waals surface area contributed by atoms with Gasteiger partial charge in [0.15, 0.2) is 0 Å². The molecule has 3 heteroatoms. The predicted molar refractivity (Wildman–Crippen MR) is 50.7 cm³/mol. The van der Waals surface area contributed by atoms with Gasteiger partial charge in [-0.1, -0.05) is 11.7 Å². The summed E-state index contributed by atoms with van der Waals surface area (Å²) in [5.41, 5.74) is 2.01. The first-order valence-electron chi connectivity index (χ1n) is 4.64. The molecular formula is C10H15NO2. The molecule has 0 aromatic rings. The van der Waals surface area contributed by atoms with E-state index in [4.69, 9.17) is 9.57 Å². The van der Waals surface area contributed by atoms with Crippen molar-refractivity contribution in [3.63, 3.8) is 0 Å². The Morgan fingerprint density at radius 2 is 2.31 bits per heavy atom. The first-order valence-corrected chi connectivity index (χ1v) is 4.64. The van der Waals surface area contributed by atoms with Gasteiger partial charge in [0.2, 0.25) is 0 Å². The van der Waals surface area contributed by atoms with E-state index in [1.807, 2.05) is 6.92 Å².